The number of benzene rings is 1. The van der Waals surface area contributed by atoms with Gasteiger partial charge in [0.15, 0.2) is 0 Å². The van der Waals surface area contributed by atoms with Crippen molar-refractivity contribution in [3.8, 4) is 11.8 Å². The third kappa shape index (κ3) is 3.90. The van der Waals surface area contributed by atoms with Gasteiger partial charge in [-0.2, -0.15) is 14.0 Å². The summed E-state index contributed by atoms with van der Waals surface area (Å²) in [5.41, 5.74) is 5.83. The van der Waals surface area contributed by atoms with Gasteiger partial charge < -0.3 is 15.2 Å². The number of hydrogen-bond donors (Lipinski definition) is 1. The number of carbonyl (C=O) groups is 1. The molecule has 0 aliphatic rings. The summed E-state index contributed by atoms with van der Waals surface area (Å²) in [4.78, 5) is 11.4. The maximum Gasteiger partial charge on any atom is 0.387 e. The first-order valence-electron chi connectivity index (χ1n) is 5.88. The summed E-state index contributed by atoms with van der Waals surface area (Å²) >= 11 is 0. The number of ether oxygens (including phenoxy) is 2. The number of hydrogen-bond acceptors (Lipinski definition) is 5. The van der Waals surface area contributed by atoms with Crippen molar-refractivity contribution in [3.63, 3.8) is 0 Å². The molecule has 0 fully saturated rings. The molecular weight excluding hydrogens is 270 g/mol. The molecule has 0 aliphatic carbocycles. The molecule has 1 aromatic carbocycles. The third-order valence-electron chi connectivity index (χ3n) is 2.50. The Bertz CT molecular complexity index is 527. The van der Waals surface area contributed by atoms with Crippen molar-refractivity contribution in [2.45, 2.75) is 26.5 Å². The lowest BCUT2D eigenvalue weighted by atomic mass is 10.0. The second-order valence-corrected chi connectivity index (χ2v) is 3.76. The summed E-state index contributed by atoms with van der Waals surface area (Å²) in [6.45, 7) is -1.30. The Morgan fingerprint density at radius 2 is 2.10 bits per heavy atom. The second-order valence-electron chi connectivity index (χ2n) is 3.76. The number of rotatable bonds is 6. The topological polar surface area (TPSA) is 85.3 Å². The van der Waals surface area contributed by atoms with Gasteiger partial charge in [0, 0.05) is 12.1 Å². The molecule has 0 saturated carbocycles. The van der Waals surface area contributed by atoms with Crippen LogP contribution in [0.3, 0.4) is 0 Å². The summed E-state index contributed by atoms with van der Waals surface area (Å²) in [5.74, 6) is -0.834. The van der Waals surface area contributed by atoms with Crippen molar-refractivity contribution >= 4 is 5.97 Å². The molecule has 0 spiro atoms. The second kappa shape index (κ2) is 7.40. The average molecular weight is 284 g/mol. The van der Waals surface area contributed by atoms with E-state index in [0.29, 0.717) is 0 Å². The van der Waals surface area contributed by atoms with Gasteiger partial charge in [0.2, 0.25) is 0 Å². The lowest BCUT2D eigenvalue weighted by Crippen LogP contribution is -2.13. The quantitative estimate of drug-likeness (QED) is 0.804. The van der Waals surface area contributed by atoms with Crippen LogP contribution in [0.1, 0.15) is 23.6 Å². The van der Waals surface area contributed by atoms with Crippen LogP contribution in [0.25, 0.3) is 0 Å². The van der Waals surface area contributed by atoms with Crippen LogP contribution in [-0.2, 0) is 22.5 Å². The van der Waals surface area contributed by atoms with Gasteiger partial charge in [0.1, 0.15) is 11.8 Å². The zero-order valence-electron chi connectivity index (χ0n) is 10.9. The minimum Gasteiger partial charge on any atom is -0.466 e. The molecule has 0 amide bonds. The Morgan fingerprint density at radius 1 is 1.45 bits per heavy atom. The van der Waals surface area contributed by atoms with Crippen LogP contribution >= 0.6 is 0 Å². The zero-order valence-corrected chi connectivity index (χ0v) is 10.9. The Kier molecular flexibility index (Phi) is 5.87. The number of nitriles is 1. The van der Waals surface area contributed by atoms with Gasteiger partial charge in [0.25, 0.3) is 0 Å². The lowest BCUT2D eigenvalue weighted by molar-refractivity contribution is -0.142. The fraction of sp³-hybridized carbons (Fsp3) is 0.385. The van der Waals surface area contributed by atoms with Crippen LogP contribution in [0.4, 0.5) is 8.78 Å². The third-order valence-corrected chi connectivity index (χ3v) is 2.50. The van der Waals surface area contributed by atoms with Gasteiger partial charge in [-0.05, 0) is 12.5 Å². The monoisotopic (exact) mass is 284 g/mol. The van der Waals surface area contributed by atoms with E-state index in [9.17, 15) is 13.6 Å². The predicted molar refractivity (Wildman–Crippen MR) is 66.0 cm³/mol. The van der Waals surface area contributed by atoms with Crippen molar-refractivity contribution in [1.29, 1.82) is 5.26 Å². The van der Waals surface area contributed by atoms with Crippen LogP contribution in [0.2, 0.25) is 0 Å². The minimum absolute atomic E-state index is 0.0591. The van der Waals surface area contributed by atoms with Crippen molar-refractivity contribution < 1.29 is 23.0 Å². The highest BCUT2D eigenvalue weighted by Gasteiger charge is 2.19. The lowest BCUT2D eigenvalue weighted by Gasteiger charge is -2.14. The van der Waals surface area contributed by atoms with E-state index in [1.807, 2.05) is 0 Å². The maximum absolute atomic E-state index is 12.4. The fourth-order valence-corrected chi connectivity index (χ4v) is 1.69. The molecule has 20 heavy (non-hydrogen) atoms. The number of esters is 1. The molecular formula is C13H14F2N2O3. The van der Waals surface area contributed by atoms with Gasteiger partial charge in [-0.1, -0.05) is 12.1 Å². The molecule has 0 unspecified atom stereocenters. The van der Waals surface area contributed by atoms with E-state index in [4.69, 9.17) is 15.7 Å². The first-order valence-corrected chi connectivity index (χ1v) is 5.88. The first kappa shape index (κ1) is 15.9. The van der Waals surface area contributed by atoms with Gasteiger partial charge in [-0.3, -0.25) is 4.79 Å². The SMILES string of the molecule is CCOC(=O)Cc1ccc(CN)c(OC(F)F)c1C#N. The molecule has 0 heterocycles. The standard InChI is InChI=1S/C13H14F2N2O3/c1-2-19-11(18)5-8-3-4-9(6-16)12(10(8)7-17)20-13(14)15/h3-4,13H,2,5-6,16H2,1H3. The highest BCUT2D eigenvalue weighted by molar-refractivity contribution is 5.74. The average Bonchev–Trinajstić information content (AvgIpc) is 2.39. The summed E-state index contributed by atoms with van der Waals surface area (Å²) < 4.78 is 33.9. The van der Waals surface area contributed by atoms with Gasteiger partial charge in [0.05, 0.1) is 18.6 Å². The number of carbonyl (C=O) groups excluding carboxylic acids is 1. The molecule has 5 nitrogen and oxygen atoms in total. The number of halogens is 2. The molecule has 2 N–H and O–H groups in total. The first-order chi connectivity index (χ1) is 9.53. The number of nitrogens with two attached hydrogens (primary N) is 1. The van der Waals surface area contributed by atoms with Crippen molar-refractivity contribution in [1.82, 2.24) is 0 Å². The summed E-state index contributed by atoms with van der Waals surface area (Å²) in [6, 6.07) is 4.70. The number of nitrogens with zero attached hydrogens (tertiary/aromatic N) is 1. The van der Waals surface area contributed by atoms with E-state index < -0.39 is 12.6 Å². The molecule has 1 aromatic rings. The van der Waals surface area contributed by atoms with E-state index in [1.165, 1.54) is 12.1 Å². The highest BCUT2D eigenvalue weighted by atomic mass is 19.3. The zero-order chi connectivity index (χ0) is 15.1. The van der Waals surface area contributed by atoms with E-state index in [0.717, 1.165) is 0 Å². The fourth-order valence-electron chi connectivity index (χ4n) is 1.69. The summed E-state index contributed by atoms with van der Waals surface area (Å²) in [7, 11) is 0. The molecule has 0 saturated heterocycles. The van der Waals surface area contributed by atoms with Crippen molar-refractivity contribution in [2.75, 3.05) is 6.61 Å². The smallest absolute Gasteiger partial charge is 0.387 e. The Labute approximate surface area is 114 Å². The molecule has 0 aliphatic heterocycles. The van der Waals surface area contributed by atoms with Crippen LogP contribution in [0, 0.1) is 11.3 Å². The van der Waals surface area contributed by atoms with Crippen molar-refractivity contribution in [3.05, 3.63) is 28.8 Å². The Balaban J connectivity index is 3.20. The van der Waals surface area contributed by atoms with Crippen LogP contribution in [0.15, 0.2) is 12.1 Å². The minimum atomic E-state index is -3.08. The Hall–Kier alpha value is -2.20. The molecule has 108 valence electrons. The van der Waals surface area contributed by atoms with Gasteiger partial charge in [-0.25, -0.2) is 0 Å². The highest BCUT2D eigenvalue weighted by Crippen LogP contribution is 2.28. The molecule has 0 aromatic heterocycles. The molecule has 7 heteroatoms. The van der Waals surface area contributed by atoms with Gasteiger partial charge in [-0.15, -0.1) is 0 Å². The maximum atomic E-state index is 12.4. The molecule has 0 atom stereocenters. The van der Waals surface area contributed by atoms with Crippen LogP contribution < -0.4 is 10.5 Å². The van der Waals surface area contributed by atoms with E-state index >= 15 is 0 Å². The summed E-state index contributed by atoms with van der Waals surface area (Å²) in [6.07, 6.45) is -0.193. The largest absolute Gasteiger partial charge is 0.466 e. The molecule has 0 radical (unpaired) electrons. The van der Waals surface area contributed by atoms with Gasteiger partial charge >= 0.3 is 12.6 Å². The van der Waals surface area contributed by atoms with Crippen LogP contribution in [0.5, 0.6) is 5.75 Å². The van der Waals surface area contributed by atoms with E-state index in [-0.39, 0.29) is 42.0 Å². The van der Waals surface area contributed by atoms with Crippen LogP contribution in [-0.4, -0.2) is 19.2 Å². The Morgan fingerprint density at radius 3 is 2.60 bits per heavy atom. The normalized spacial score (nSPS) is 10.2. The molecule has 0 bridgehead atoms. The molecule has 1 rings (SSSR count). The predicted octanol–water partition coefficient (Wildman–Crippen LogP) is 1.72. The number of alkyl halides is 2. The van der Waals surface area contributed by atoms with E-state index in [2.05, 4.69) is 4.74 Å². The van der Waals surface area contributed by atoms with E-state index in [1.54, 1.807) is 13.0 Å². The summed E-state index contributed by atoms with van der Waals surface area (Å²) in [5, 5.41) is 9.11. The van der Waals surface area contributed by atoms with Crippen molar-refractivity contribution in [2.24, 2.45) is 5.73 Å².